The first kappa shape index (κ1) is 9.79. The van der Waals surface area contributed by atoms with Crippen molar-refractivity contribution in [1.82, 2.24) is 0 Å². The van der Waals surface area contributed by atoms with Gasteiger partial charge in [0.1, 0.15) is 0 Å². The molecule has 1 unspecified atom stereocenters. The van der Waals surface area contributed by atoms with E-state index in [1.165, 1.54) is 25.7 Å². The van der Waals surface area contributed by atoms with Gasteiger partial charge in [-0.15, -0.1) is 6.58 Å². The molecule has 0 radical (unpaired) electrons. The minimum absolute atomic E-state index is 0.223. The second kappa shape index (κ2) is 3.61. The van der Waals surface area contributed by atoms with E-state index in [2.05, 4.69) is 20.4 Å². The van der Waals surface area contributed by atoms with E-state index < -0.39 is 0 Å². The van der Waals surface area contributed by atoms with E-state index in [9.17, 15) is 0 Å². The molecule has 0 aromatic rings. The molecule has 1 aliphatic rings. The molecule has 1 aliphatic carbocycles. The van der Waals surface area contributed by atoms with Crippen LogP contribution in [0.1, 0.15) is 39.5 Å². The lowest BCUT2D eigenvalue weighted by Gasteiger charge is -2.36. The van der Waals surface area contributed by atoms with E-state index in [4.69, 9.17) is 5.73 Å². The minimum atomic E-state index is 0.223. The van der Waals surface area contributed by atoms with Crippen molar-refractivity contribution in [3.05, 3.63) is 12.7 Å². The smallest absolute Gasteiger partial charge is 0.0249 e. The van der Waals surface area contributed by atoms with Crippen LogP contribution in [0.2, 0.25) is 0 Å². The Balaban J connectivity index is 2.40. The van der Waals surface area contributed by atoms with Gasteiger partial charge in [-0.2, -0.15) is 0 Å². The Morgan fingerprint density at radius 1 is 1.42 bits per heavy atom. The molecule has 0 heterocycles. The fourth-order valence-electron chi connectivity index (χ4n) is 2.00. The maximum atomic E-state index is 5.92. The molecule has 0 saturated heterocycles. The van der Waals surface area contributed by atoms with Crippen molar-refractivity contribution in [3.63, 3.8) is 0 Å². The first-order valence-electron chi connectivity index (χ1n) is 4.93. The fourth-order valence-corrected chi connectivity index (χ4v) is 2.00. The van der Waals surface area contributed by atoms with Gasteiger partial charge in [0.05, 0.1) is 0 Å². The first-order valence-corrected chi connectivity index (χ1v) is 4.93. The lowest BCUT2D eigenvalue weighted by molar-refractivity contribution is 0.183. The number of hydrogen-bond donors (Lipinski definition) is 1. The summed E-state index contributed by atoms with van der Waals surface area (Å²) in [5, 5.41) is 0. The van der Waals surface area contributed by atoms with Gasteiger partial charge in [0, 0.05) is 6.04 Å². The van der Waals surface area contributed by atoms with Crippen LogP contribution in [-0.4, -0.2) is 6.04 Å². The standard InChI is InChI=1S/C11H21N/c1-4-10(12)9-5-7-11(2,3)8-6-9/h4,9-10H,1,5-8,12H2,2-3H3. The van der Waals surface area contributed by atoms with Gasteiger partial charge in [0.25, 0.3) is 0 Å². The molecule has 1 atom stereocenters. The van der Waals surface area contributed by atoms with Gasteiger partial charge in [0.2, 0.25) is 0 Å². The van der Waals surface area contributed by atoms with E-state index in [-0.39, 0.29) is 6.04 Å². The highest BCUT2D eigenvalue weighted by atomic mass is 14.6. The molecule has 1 heteroatoms. The molecule has 1 rings (SSSR count). The summed E-state index contributed by atoms with van der Waals surface area (Å²) in [6.07, 6.45) is 7.09. The summed E-state index contributed by atoms with van der Waals surface area (Å²) in [5.41, 5.74) is 6.47. The van der Waals surface area contributed by atoms with E-state index in [0.717, 1.165) is 0 Å². The highest BCUT2D eigenvalue weighted by Gasteiger charge is 2.28. The van der Waals surface area contributed by atoms with Gasteiger partial charge in [-0.05, 0) is 37.0 Å². The van der Waals surface area contributed by atoms with Crippen LogP contribution in [0.25, 0.3) is 0 Å². The van der Waals surface area contributed by atoms with Crippen molar-refractivity contribution in [2.45, 2.75) is 45.6 Å². The summed E-state index contributed by atoms with van der Waals surface area (Å²) >= 11 is 0. The van der Waals surface area contributed by atoms with Crippen LogP contribution < -0.4 is 5.73 Å². The predicted octanol–water partition coefficient (Wildman–Crippen LogP) is 2.72. The van der Waals surface area contributed by atoms with Crippen LogP contribution in [0.5, 0.6) is 0 Å². The molecule has 12 heavy (non-hydrogen) atoms. The van der Waals surface area contributed by atoms with E-state index >= 15 is 0 Å². The number of hydrogen-bond acceptors (Lipinski definition) is 1. The molecule has 0 bridgehead atoms. The van der Waals surface area contributed by atoms with Crippen molar-refractivity contribution in [2.24, 2.45) is 17.1 Å². The van der Waals surface area contributed by atoms with Crippen molar-refractivity contribution < 1.29 is 0 Å². The van der Waals surface area contributed by atoms with Crippen LogP contribution in [0.15, 0.2) is 12.7 Å². The molecular weight excluding hydrogens is 146 g/mol. The van der Waals surface area contributed by atoms with Gasteiger partial charge >= 0.3 is 0 Å². The molecule has 1 nitrogen and oxygen atoms in total. The third kappa shape index (κ3) is 2.34. The lowest BCUT2D eigenvalue weighted by Crippen LogP contribution is -2.33. The molecule has 0 amide bonds. The molecule has 70 valence electrons. The highest BCUT2D eigenvalue weighted by molar-refractivity contribution is 4.92. The molecular formula is C11H21N. The average molecular weight is 167 g/mol. The zero-order chi connectivity index (χ0) is 9.19. The molecule has 0 aromatic heterocycles. The SMILES string of the molecule is C=CC(N)C1CCC(C)(C)CC1. The zero-order valence-electron chi connectivity index (χ0n) is 8.34. The molecule has 0 aliphatic heterocycles. The van der Waals surface area contributed by atoms with Gasteiger partial charge in [0.15, 0.2) is 0 Å². The second-order valence-electron chi connectivity index (χ2n) is 4.81. The Labute approximate surface area is 76.0 Å². The van der Waals surface area contributed by atoms with Crippen molar-refractivity contribution >= 4 is 0 Å². The molecule has 0 spiro atoms. The van der Waals surface area contributed by atoms with E-state index in [1.807, 2.05) is 6.08 Å². The number of nitrogens with two attached hydrogens (primary N) is 1. The summed E-state index contributed by atoms with van der Waals surface area (Å²) in [7, 11) is 0. The fraction of sp³-hybridized carbons (Fsp3) is 0.818. The van der Waals surface area contributed by atoms with E-state index in [0.29, 0.717) is 11.3 Å². The van der Waals surface area contributed by atoms with Crippen molar-refractivity contribution in [3.8, 4) is 0 Å². The Hall–Kier alpha value is -0.300. The number of rotatable bonds is 2. The maximum Gasteiger partial charge on any atom is 0.0249 e. The highest BCUT2D eigenvalue weighted by Crippen LogP contribution is 2.38. The van der Waals surface area contributed by atoms with Gasteiger partial charge in [-0.1, -0.05) is 19.9 Å². The van der Waals surface area contributed by atoms with Crippen LogP contribution in [-0.2, 0) is 0 Å². The van der Waals surface area contributed by atoms with Crippen LogP contribution >= 0.6 is 0 Å². The minimum Gasteiger partial charge on any atom is -0.324 e. The van der Waals surface area contributed by atoms with Crippen LogP contribution in [0, 0.1) is 11.3 Å². The van der Waals surface area contributed by atoms with Crippen molar-refractivity contribution in [2.75, 3.05) is 0 Å². The monoisotopic (exact) mass is 167 g/mol. The average Bonchev–Trinajstić information content (AvgIpc) is 2.03. The lowest BCUT2D eigenvalue weighted by atomic mass is 9.71. The quantitative estimate of drug-likeness (QED) is 0.629. The van der Waals surface area contributed by atoms with Gasteiger partial charge < -0.3 is 5.73 Å². The van der Waals surface area contributed by atoms with E-state index in [1.54, 1.807) is 0 Å². The van der Waals surface area contributed by atoms with Crippen LogP contribution in [0.3, 0.4) is 0 Å². The topological polar surface area (TPSA) is 26.0 Å². The zero-order valence-corrected chi connectivity index (χ0v) is 8.34. The summed E-state index contributed by atoms with van der Waals surface area (Å²) in [6.45, 7) is 8.45. The molecule has 1 fully saturated rings. The van der Waals surface area contributed by atoms with Gasteiger partial charge in [-0.3, -0.25) is 0 Å². The summed E-state index contributed by atoms with van der Waals surface area (Å²) in [4.78, 5) is 0. The Bertz CT molecular complexity index is 150. The third-order valence-corrected chi connectivity index (χ3v) is 3.20. The summed E-state index contributed by atoms with van der Waals surface area (Å²) in [5.74, 6) is 0.690. The Morgan fingerprint density at radius 3 is 2.33 bits per heavy atom. The molecule has 2 N–H and O–H groups in total. The first-order chi connectivity index (χ1) is 5.55. The Kier molecular flexibility index (Phi) is 2.94. The third-order valence-electron chi connectivity index (χ3n) is 3.20. The normalized spacial score (nSPS) is 26.6. The Morgan fingerprint density at radius 2 is 1.92 bits per heavy atom. The van der Waals surface area contributed by atoms with Crippen LogP contribution in [0.4, 0.5) is 0 Å². The second-order valence-corrected chi connectivity index (χ2v) is 4.81. The van der Waals surface area contributed by atoms with Crippen molar-refractivity contribution in [1.29, 1.82) is 0 Å². The van der Waals surface area contributed by atoms with Gasteiger partial charge in [-0.25, -0.2) is 0 Å². The molecule has 1 saturated carbocycles. The summed E-state index contributed by atoms with van der Waals surface area (Å²) < 4.78 is 0. The molecule has 0 aromatic carbocycles. The largest absolute Gasteiger partial charge is 0.324 e. The summed E-state index contributed by atoms with van der Waals surface area (Å²) in [6, 6.07) is 0.223. The maximum absolute atomic E-state index is 5.92. The predicted molar refractivity (Wildman–Crippen MR) is 53.9 cm³/mol.